The van der Waals surface area contributed by atoms with Gasteiger partial charge in [-0.25, -0.2) is 0 Å². The molecule has 0 bridgehead atoms. The van der Waals surface area contributed by atoms with E-state index in [0.29, 0.717) is 0 Å². The highest BCUT2D eigenvalue weighted by Crippen LogP contribution is 2.44. The average molecular weight is 167 g/mol. The second kappa shape index (κ2) is 3.37. The third-order valence-corrected chi connectivity index (χ3v) is 3.96. The summed E-state index contributed by atoms with van der Waals surface area (Å²) in [5.74, 6) is 0. The van der Waals surface area contributed by atoms with Gasteiger partial charge >= 0.3 is 0 Å². The number of likely N-dealkylation sites (tertiary alicyclic amines) is 1. The van der Waals surface area contributed by atoms with E-state index in [9.17, 15) is 0 Å². The van der Waals surface area contributed by atoms with Crippen LogP contribution < -0.4 is 0 Å². The van der Waals surface area contributed by atoms with Crippen LogP contribution >= 0.6 is 0 Å². The Hall–Kier alpha value is -0.0400. The Labute approximate surface area is 76.1 Å². The number of rotatable bonds is 0. The molecular weight excluding hydrogens is 146 g/mol. The van der Waals surface area contributed by atoms with Crippen LogP contribution in [-0.2, 0) is 0 Å². The van der Waals surface area contributed by atoms with Crippen LogP contribution in [0.5, 0.6) is 0 Å². The molecule has 1 spiro atoms. The van der Waals surface area contributed by atoms with Crippen molar-refractivity contribution in [3.05, 3.63) is 0 Å². The number of piperidine rings is 1. The molecule has 1 saturated heterocycles. The van der Waals surface area contributed by atoms with E-state index in [1.54, 1.807) is 0 Å². The third kappa shape index (κ3) is 1.66. The monoisotopic (exact) mass is 167 g/mol. The zero-order valence-electron chi connectivity index (χ0n) is 8.31. The lowest BCUT2D eigenvalue weighted by Gasteiger charge is -2.43. The first-order chi connectivity index (χ1) is 5.81. The molecule has 0 N–H and O–H groups in total. The molecule has 0 atom stereocenters. The first-order valence-electron chi connectivity index (χ1n) is 5.49. The molecule has 1 heterocycles. The van der Waals surface area contributed by atoms with Gasteiger partial charge in [-0.3, -0.25) is 0 Å². The fourth-order valence-corrected chi connectivity index (χ4v) is 2.89. The fraction of sp³-hybridized carbons (Fsp3) is 1.00. The molecule has 1 nitrogen and oxygen atoms in total. The van der Waals surface area contributed by atoms with Gasteiger partial charge in [-0.1, -0.05) is 19.3 Å². The van der Waals surface area contributed by atoms with Crippen LogP contribution in [0.15, 0.2) is 0 Å². The maximum atomic E-state index is 2.49. The molecule has 2 rings (SSSR count). The highest BCUT2D eigenvalue weighted by atomic mass is 15.1. The summed E-state index contributed by atoms with van der Waals surface area (Å²) in [6.07, 6.45) is 10.5. The van der Waals surface area contributed by atoms with Crippen LogP contribution in [0.2, 0.25) is 0 Å². The van der Waals surface area contributed by atoms with Gasteiger partial charge in [0.05, 0.1) is 0 Å². The quantitative estimate of drug-likeness (QED) is 0.536. The van der Waals surface area contributed by atoms with Gasteiger partial charge in [0.2, 0.25) is 0 Å². The molecule has 0 amide bonds. The Morgan fingerprint density at radius 1 is 0.833 bits per heavy atom. The van der Waals surface area contributed by atoms with Crippen LogP contribution in [-0.4, -0.2) is 25.0 Å². The molecule has 1 aliphatic heterocycles. The lowest BCUT2D eigenvalue weighted by Crippen LogP contribution is -2.38. The van der Waals surface area contributed by atoms with Crippen molar-refractivity contribution < 1.29 is 0 Å². The van der Waals surface area contributed by atoms with Crippen molar-refractivity contribution in [1.29, 1.82) is 0 Å². The number of hydrogen-bond donors (Lipinski definition) is 0. The Morgan fingerprint density at radius 2 is 1.42 bits per heavy atom. The van der Waals surface area contributed by atoms with Crippen molar-refractivity contribution in [1.82, 2.24) is 4.90 Å². The molecule has 2 fully saturated rings. The summed E-state index contributed by atoms with van der Waals surface area (Å²) in [7, 11) is 2.26. The molecule has 0 aromatic carbocycles. The largest absolute Gasteiger partial charge is 0.306 e. The minimum atomic E-state index is 0.796. The lowest BCUT2D eigenvalue weighted by atomic mass is 9.68. The van der Waals surface area contributed by atoms with Gasteiger partial charge in [0.15, 0.2) is 0 Å². The Bertz CT molecular complexity index is 137. The molecule has 12 heavy (non-hydrogen) atoms. The molecule has 0 aromatic heterocycles. The third-order valence-electron chi connectivity index (χ3n) is 3.96. The Balaban J connectivity index is 1.92. The zero-order chi connectivity index (χ0) is 8.44. The minimum absolute atomic E-state index is 0.796. The smallest absolute Gasteiger partial charge is 0.00165 e. The predicted octanol–water partition coefficient (Wildman–Crippen LogP) is 2.66. The second-order valence-corrected chi connectivity index (χ2v) is 4.86. The van der Waals surface area contributed by atoms with E-state index < -0.39 is 0 Å². The standard InChI is InChI=1S/C11H21N/c1-12-9-7-11(8-10-12)5-3-2-4-6-11/h2-10H2,1H3. The Kier molecular flexibility index (Phi) is 2.40. The van der Waals surface area contributed by atoms with Crippen molar-refractivity contribution in [2.75, 3.05) is 20.1 Å². The first-order valence-corrected chi connectivity index (χ1v) is 5.49. The average Bonchev–Trinajstić information content (AvgIpc) is 2.13. The summed E-state index contributed by atoms with van der Waals surface area (Å²) < 4.78 is 0. The summed E-state index contributed by atoms with van der Waals surface area (Å²) >= 11 is 0. The van der Waals surface area contributed by atoms with Crippen LogP contribution in [0.1, 0.15) is 44.9 Å². The molecule has 2 aliphatic rings. The molecule has 0 unspecified atom stereocenters. The molecule has 0 aromatic rings. The van der Waals surface area contributed by atoms with E-state index in [2.05, 4.69) is 11.9 Å². The summed E-state index contributed by atoms with van der Waals surface area (Å²) in [5, 5.41) is 0. The fourth-order valence-electron chi connectivity index (χ4n) is 2.89. The van der Waals surface area contributed by atoms with Crippen LogP contribution in [0.3, 0.4) is 0 Å². The van der Waals surface area contributed by atoms with E-state index in [1.165, 1.54) is 58.0 Å². The summed E-state index contributed by atoms with van der Waals surface area (Å²) in [5.41, 5.74) is 0.796. The maximum absolute atomic E-state index is 2.49. The molecule has 1 heteroatoms. The normalized spacial score (nSPS) is 30.8. The van der Waals surface area contributed by atoms with Crippen LogP contribution in [0.4, 0.5) is 0 Å². The van der Waals surface area contributed by atoms with Crippen molar-refractivity contribution >= 4 is 0 Å². The van der Waals surface area contributed by atoms with E-state index in [0.717, 1.165) is 5.41 Å². The zero-order valence-corrected chi connectivity index (χ0v) is 8.31. The number of nitrogens with zero attached hydrogens (tertiary/aromatic N) is 1. The Morgan fingerprint density at radius 3 is 2.00 bits per heavy atom. The lowest BCUT2D eigenvalue weighted by molar-refractivity contribution is 0.0807. The SMILES string of the molecule is CN1CCC2(CCCCC2)CC1. The topological polar surface area (TPSA) is 3.24 Å². The van der Waals surface area contributed by atoms with Crippen molar-refractivity contribution in [2.45, 2.75) is 44.9 Å². The molecular formula is C11H21N. The summed E-state index contributed by atoms with van der Waals surface area (Å²) in [4.78, 5) is 2.49. The van der Waals surface area contributed by atoms with Gasteiger partial charge in [0.1, 0.15) is 0 Å². The highest BCUT2D eigenvalue weighted by Gasteiger charge is 2.34. The van der Waals surface area contributed by atoms with E-state index >= 15 is 0 Å². The highest BCUT2D eigenvalue weighted by molar-refractivity contribution is 4.87. The molecule has 1 saturated carbocycles. The molecule has 1 aliphatic carbocycles. The summed E-state index contributed by atoms with van der Waals surface area (Å²) in [6.45, 7) is 2.69. The van der Waals surface area contributed by atoms with Crippen molar-refractivity contribution in [3.63, 3.8) is 0 Å². The van der Waals surface area contributed by atoms with Crippen molar-refractivity contribution in [3.8, 4) is 0 Å². The maximum Gasteiger partial charge on any atom is -0.00165 e. The van der Waals surface area contributed by atoms with Crippen LogP contribution in [0.25, 0.3) is 0 Å². The van der Waals surface area contributed by atoms with Crippen molar-refractivity contribution in [2.24, 2.45) is 5.41 Å². The van der Waals surface area contributed by atoms with Crippen LogP contribution in [0, 0.1) is 5.41 Å². The number of hydrogen-bond acceptors (Lipinski definition) is 1. The second-order valence-electron chi connectivity index (χ2n) is 4.86. The van der Waals surface area contributed by atoms with E-state index in [-0.39, 0.29) is 0 Å². The summed E-state index contributed by atoms with van der Waals surface area (Å²) in [6, 6.07) is 0. The minimum Gasteiger partial charge on any atom is -0.306 e. The molecule has 70 valence electrons. The molecule has 0 radical (unpaired) electrons. The van der Waals surface area contributed by atoms with Gasteiger partial charge in [-0.05, 0) is 51.2 Å². The van der Waals surface area contributed by atoms with Gasteiger partial charge in [0, 0.05) is 0 Å². The predicted molar refractivity (Wildman–Crippen MR) is 52.2 cm³/mol. The van der Waals surface area contributed by atoms with E-state index in [1.807, 2.05) is 0 Å². The van der Waals surface area contributed by atoms with E-state index in [4.69, 9.17) is 0 Å². The van der Waals surface area contributed by atoms with Gasteiger partial charge < -0.3 is 4.90 Å². The van der Waals surface area contributed by atoms with Gasteiger partial charge in [0.25, 0.3) is 0 Å². The first kappa shape index (κ1) is 8.55. The van der Waals surface area contributed by atoms with Gasteiger partial charge in [-0.15, -0.1) is 0 Å². The van der Waals surface area contributed by atoms with Gasteiger partial charge in [-0.2, -0.15) is 0 Å².